The first-order valence-electron chi connectivity index (χ1n) is 12.5. The first-order valence-corrected chi connectivity index (χ1v) is 12.5. The number of aromatic nitrogens is 4. The number of nitrogens with zero attached hydrogens (tertiary/aromatic N) is 4. The number of rotatable bonds is 4. The summed E-state index contributed by atoms with van der Waals surface area (Å²) >= 11 is 0. The van der Waals surface area contributed by atoms with E-state index in [1.165, 1.54) is 5.39 Å². The van der Waals surface area contributed by atoms with Gasteiger partial charge in [-0.25, -0.2) is 4.98 Å². The summed E-state index contributed by atoms with van der Waals surface area (Å²) in [4.78, 5) is 18.1. The van der Waals surface area contributed by atoms with Crippen molar-refractivity contribution in [2.75, 3.05) is 0 Å². The van der Waals surface area contributed by atoms with Gasteiger partial charge in [0.25, 0.3) is 0 Å². The number of hydrogen-bond donors (Lipinski definition) is 0. The molecule has 0 atom stereocenters. The molecule has 0 N–H and O–H groups in total. The van der Waals surface area contributed by atoms with E-state index in [0.717, 1.165) is 60.9 Å². The molecule has 0 aliphatic heterocycles. The lowest BCUT2D eigenvalue weighted by Gasteiger charge is -2.13. The lowest BCUT2D eigenvalue weighted by molar-refractivity contribution is 1.33. The molecule has 0 bridgehead atoms. The van der Waals surface area contributed by atoms with Gasteiger partial charge in [0.15, 0.2) is 0 Å². The van der Waals surface area contributed by atoms with E-state index in [2.05, 4.69) is 93.8 Å². The smallest absolute Gasteiger partial charge is 0.0788 e. The highest BCUT2D eigenvalue weighted by Gasteiger charge is 2.13. The van der Waals surface area contributed by atoms with Crippen molar-refractivity contribution in [3.63, 3.8) is 0 Å². The summed E-state index contributed by atoms with van der Waals surface area (Å²) < 4.78 is 0. The van der Waals surface area contributed by atoms with E-state index in [1.54, 1.807) is 18.6 Å². The summed E-state index contributed by atoms with van der Waals surface area (Å²) in [6, 6.07) is 33.8. The fraction of sp³-hybridized carbons (Fsp3) is 0. The van der Waals surface area contributed by atoms with Crippen molar-refractivity contribution < 1.29 is 0 Å². The molecule has 0 radical (unpaired) electrons. The van der Waals surface area contributed by atoms with Crippen LogP contribution in [0.25, 0.3) is 66.3 Å². The Morgan fingerprint density at radius 2 is 0.868 bits per heavy atom. The van der Waals surface area contributed by atoms with Gasteiger partial charge in [-0.3, -0.25) is 15.0 Å². The number of pyridine rings is 4. The van der Waals surface area contributed by atoms with E-state index < -0.39 is 0 Å². The minimum atomic E-state index is 0.958. The first kappa shape index (κ1) is 22.0. The largest absolute Gasteiger partial charge is 0.264 e. The zero-order chi connectivity index (χ0) is 25.3. The van der Waals surface area contributed by atoms with Crippen molar-refractivity contribution in [2.45, 2.75) is 0 Å². The van der Waals surface area contributed by atoms with Crippen molar-refractivity contribution in [2.24, 2.45) is 0 Å². The predicted molar refractivity (Wildman–Crippen MR) is 154 cm³/mol. The van der Waals surface area contributed by atoms with Crippen LogP contribution in [0.15, 0.2) is 134 Å². The summed E-state index contributed by atoms with van der Waals surface area (Å²) in [5.74, 6) is 0. The molecule has 3 aromatic carbocycles. The van der Waals surface area contributed by atoms with Crippen LogP contribution < -0.4 is 0 Å². The van der Waals surface area contributed by atoms with Gasteiger partial charge in [-0.1, -0.05) is 66.7 Å². The molecular formula is C34H22N4. The van der Waals surface area contributed by atoms with E-state index in [9.17, 15) is 0 Å². The Kier molecular flexibility index (Phi) is 5.41. The molecule has 0 saturated carbocycles. The highest BCUT2D eigenvalue weighted by Crippen LogP contribution is 2.37. The topological polar surface area (TPSA) is 51.6 Å². The van der Waals surface area contributed by atoms with Gasteiger partial charge in [0, 0.05) is 64.6 Å². The molecule has 4 nitrogen and oxygen atoms in total. The SMILES string of the molecule is c1cncc(-c2ccc(-c3nc4cc(-c5cccnc5)ccc4c4ccc(-c5cccnc5)cc34)cc2)c1. The maximum Gasteiger partial charge on any atom is 0.0788 e. The highest BCUT2D eigenvalue weighted by molar-refractivity contribution is 6.12. The minimum Gasteiger partial charge on any atom is -0.264 e. The van der Waals surface area contributed by atoms with Crippen LogP contribution in [0.4, 0.5) is 0 Å². The molecule has 7 rings (SSSR count). The molecule has 7 aromatic rings. The Bertz CT molecular complexity index is 1880. The zero-order valence-corrected chi connectivity index (χ0v) is 20.5. The maximum absolute atomic E-state index is 5.25. The van der Waals surface area contributed by atoms with Crippen molar-refractivity contribution in [1.82, 2.24) is 19.9 Å². The third-order valence-electron chi connectivity index (χ3n) is 6.94. The van der Waals surface area contributed by atoms with Gasteiger partial charge in [0.2, 0.25) is 0 Å². The van der Waals surface area contributed by atoms with Crippen LogP contribution in [0.2, 0.25) is 0 Å². The summed E-state index contributed by atoms with van der Waals surface area (Å²) in [5.41, 5.74) is 9.58. The van der Waals surface area contributed by atoms with Gasteiger partial charge in [-0.15, -0.1) is 0 Å². The van der Waals surface area contributed by atoms with Gasteiger partial charge in [-0.2, -0.15) is 0 Å². The van der Waals surface area contributed by atoms with E-state index in [0.29, 0.717) is 0 Å². The van der Waals surface area contributed by atoms with Crippen LogP contribution in [0.1, 0.15) is 0 Å². The Labute approximate surface area is 220 Å². The molecule has 0 unspecified atom stereocenters. The lowest BCUT2D eigenvalue weighted by Crippen LogP contribution is -1.92. The molecule has 4 heteroatoms. The summed E-state index contributed by atoms with van der Waals surface area (Å²) in [7, 11) is 0. The molecular weight excluding hydrogens is 464 g/mol. The molecule has 4 heterocycles. The fourth-order valence-electron chi connectivity index (χ4n) is 5.01. The molecule has 178 valence electrons. The molecule has 0 spiro atoms. The average Bonchev–Trinajstić information content (AvgIpc) is 3.01. The van der Waals surface area contributed by atoms with Crippen LogP contribution >= 0.6 is 0 Å². The predicted octanol–water partition coefficient (Wildman–Crippen LogP) is 8.24. The Balaban J connectivity index is 1.45. The number of fused-ring (bicyclic) bond motifs is 3. The van der Waals surface area contributed by atoms with Gasteiger partial charge >= 0.3 is 0 Å². The van der Waals surface area contributed by atoms with Crippen LogP contribution in [0, 0.1) is 0 Å². The Hall–Kier alpha value is -5.22. The standard InChI is InChI=1S/C34H22N4/c1-4-27(20-35-15-1)23-7-9-24(10-8-23)34-32-18-25(28-5-2-16-36-21-28)11-13-30(32)31-14-12-26(19-33(31)38-34)29-6-3-17-37-22-29/h1-22H. The van der Waals surface area contributed by atoms with Crippen molar-refractivity contribution in [1.29, 1.82) is 0 Å². The number of hydrogen-bond acceptors (Lipinski definition) is 4. The maximum atomic E-state index is 5.25. The minimum absolute atomic E-state index is 0.958. The van der Waals surface area contributed by atoms with Gasteiger partial charge in [0.05, 0.1) is 11.2 Å². The molecule has 0 amide bonds. The second-order valence-electron chi connectivity index (χ2n) is 9.26. The molecule has 38 heavy (non-hydrogen) atoms. The Morgan fingerprint density at radius 3 is 1.45 bits per heavy atom. The molecule has 0 aliphatic carbocycles. The van der Waals surface area contributed by atoms with E-state index >= 15 is 0 Å². The van der Waals surface area contributed by atoms with Crippen molar-refractivity contribution >= 4 is 21.7 Å². The third kappa shape index (κ3) is 3.98. The molecule has 0 aliphatic rings. The van der Waals surface area contributed by atoms with Gasteiger partial charge in [-0.05, 0) is 58.0 Å². The average molecular weight is 487 g/mol. The van der Waals surface area contributed by atoms with E-state index in [-0.39, 0.29) is 0 Å². The van der Waals surface area contributed by atoms with E-state index in [1.807, 2.05) is 36.8 Å². The third-order valence-corrected chi connectivity index (χ3v) is 6.94. The zero-order valence-electron chi connectivity index (χ0n) is 20.5. The molecule has 0 fully saturated rings. The molecule has 4 aromatic heterocycles. The summed E-state index contributed by atoms with van der Waals surface area (Å²) in [6.07, 6.45) is 11.1. The van der Waals surface area contributed by atoms with Crippen LogP contribution in [-0.4, -0.2) is 19.9 Å². The van der Waals surface area contributed by atoms with Crippen molar-refractivity contribution in [3.8, 4) is 44.6 Å². The van der Waals surface area contributed by atoms with Gasteiger partial charge < -0.3 is 0 Å². The van der Waals surface area contributed by atoms with Crippen LogP contribution in [0.3, 0.4) is 0 Å². The highest BCUT2D eigenvalue weighted by atomic mass is 14.7. The first-order chi connectivity index (χ1) is 18.8. The normalized spacial score (nSPS) is 11.2. The monoisotopic (exact) mass is 486 g/mol. The second-order valence-corrected chi connectivity index (χ2v) is 9.26. The van der Waals surface area contributed by atoms with Crippen LogP contribution in [0.5, 0.6) is 0 Å². The number of benzene rings is 3. The van der Waals surface area contributed by atoms with Crippen LogP contribution in [-0.2, 0) is 0 Å². The second kappa shape index (κ2) is 9.34. The quantitative estimate of drug-likeness (QED) is 0.235. The fourth-order valence-corrected chi connectivity index (χ4v) is 5.01. The lowest BCUT2D eigenvalue weighted by atomic mass is 9.94. The van der Waals surface area contributed by atoms with Crippen molar-refractivity contribution in [3.05, 3.63) is 134 Å². The summed E-state index contributed by atoms with van der Waals surface area (Å²) in [5, 5.41) is 3.41. The summed E-state index contributed by atoms with van der Waals surface area (Å²) in [6.45, 7) is 0. The van der Waals surface area contributed by atoms with Gasteiger partial charge in [0.1, 0.15) is 0 Å². The Morgan fingerprint density at radius 1 is 0.368 bits per heavy atom. The molecule has 0 saturated heterocycles. The van der Waals surface area contributed by atoms with E-state index in [4.69, 9.17) is 4.98 Å².